The number of methoxy groups -OCH3 is 1. The lowest BCUT2D eigenvalue weighted by Crippen LogP contribution is -2.38. The van der Waals surface area contributed by atoms with Gasteiger partial charge >= 0.3 is 0 Å². The molecule has 0 amide bonds. The summed E-state index contributed by atoms with van der Waals surface area (Å²) >= 11 is 0. The van der Waals surface area contributed by atoms with Crippen LogP contribution in [0.5, 0.6) is 23.0 Å². The van der Waals surface area contributed by atoms with Crippen molar-refractivity contribution >= 4 is 24.3 Å². The molecule has 0 aliphatic carbocycles. The fraction of sp³-hybridized carbons (Fsp3) is 0.296. The van der Waals surface area contributed by atoms with Gasteiger partial charge in [-0.05, 0) is 54.1 Å². The van der Waals surface area contributed by atoms with Crippen molar-refractivity contribution in [2.45, 2.75) is 0 Å². The van der Waals surface area contributed by atoms with Crippen LogP contribution in [0.1, 0.15) is 22.5 Å². The minimum absolute atomic E-state index is 0.271. The summed E-state index contributed by atoms with van der Waals surface area (Å²) in [7, 11) is 1.67. The van der Waals surface area contributed by atoms with Crippen LogP contribution in [0, 0.1) is 0 Å². The number of ether oxygens (including phenoxy) is 5. The van der Waals surface area contributed by atoms with Crippen LogP contribution in [0.4, 0.5) is 0 Å². The van der Waals surface area contributed by atoms with E-state index in [4.69, 9.17) is 23.7 Å². The van der Waals surface area contributed by atoms with Crippen molar-refractivity contribution in [1.29, 1.82) is 0 Å². The highest BCUT2D eigenvalue weighted by Crippen LogP contribution is 2.33. The third kappa shape index (κ3) is 6.03. The largest absolute Gasteiger partial charge is 0.496 e. The summed E-state index contributed by atoms with van der Waals surface area (Å²) in [6, 6.07) is 13.7. The molecule has 0 bridgehead atoms. The normalized spacial score (nSPS) is 15.8. The molecule has 0 saturated carbocycles. The Kier molecular flexibility index (Phi) is 7.31. The van der Waals surface area contributed by atoms with Crippen LogP contribution in [0.15, 0.2) is 42.5 Å². The van der Waals surface area contributed by atoms with Gasteiger partial charge in [0.25, 0.3) is 0 Å². The lowest BCUT2D eigenvalue weighted by Gasteiger charge is -2.26. The van der Waals surface area contributed by atoms with E-state index in [-0.39, 0.29) is 6.79 Å². The van der Waals surface area contributed by atoms with Crippen molar-refractivity contribution < 1.29 is 23.7 Å². The lowest BCUT2D eigenvalue weighted by atomic mass is 10.1. The Balaban J connectivity index is 1.17. The van der Waals surface area contributed by atoms with Crippen LogP contribution in [0.3, 0.4) is 0 Å². The Morgan fingerprint density at radius 1 is 0.971 bits per heavy atom. The maximum atomic E-state index is 5.94. The molecule has 2 aliphatic rings. The van der Waals surface area contributed by atoms with Crippen LogP contribution in [-0.2, 0) is 4.74 Å². The second-order valence-electron chi connectivity index (χ2n) is 8.23. The Labute approximate surface area is 204 Å². The molecule has 1 fully saturated rings. The van der Waals surface area contributed by atoms with E-state index in [1.165, 1.54) is 0 Å². The molecule has 5 rings (SSSR count). The van der Waals surface area contributed by atoms with E-state index in [1.807, 2.05) is 66.8 Å². The highest BCUT2D eigenvalue weighted by atomic mass is 16.7. The van der Waals surface area contributed by atoms with Crippen molar-refractivity contribution in [3.8, 4) is 23.0 Å². The van der Waals surface area contributed by atoms with E-state index in [1.54, 1.807) is 7.11 Å². The molecule has 0 radical (unpaired) electrons. The molecule has 182 valence electrons. The topological polar surface area (TPSA) is 78.1 Å². The Morgan fingerprint density at radius 3 is 2.74 bits per heavy atom. The van der Waals surface area contributed by atoms with Gasteiger partial charge in [-0.15, -0.1) is 0 Å². The van der Waals surface area contributed by atoms with Gasteiger partial charge in [-0.3, -0.25) is 10.00 Å². The fourth-order valence-corrected chi connectivity index (χ4v) is 3.94. The minimum atomic E-state index is 0.271. The summed E-state index contributed by atoms with van der Waals surface area (Å²) in [4.78, 5) is 2.35. The van der Waals surface area contributed by atoms with Crippen LogP contribution >= 0.6 is 0 Å². The van der Waals surface area contributed by atoms with E-state index in [9.17, 15) is 0 Å². The number of aromatic amines is 1. The number of fused-ring (bicyclic) bond motifs is 1. The molecule has 2 aliphatic heterocycles. The van der Waals surface area contributed by atoms with Gasteiger partial charge in [0, 0.05) is 31.3 Å². The number of nitrogens with zero attached hydrogens (tertiary/aromatic N) is 2. The molecule has 3 heterocycles. The molecule has 1 N–H and O–H groups in total. The fourth-order valence-electron chi connectivity index (χ4n) is 3.94. The second-order valence-corrected chi connectivity index (χ2v) is 8.23. The number of benzene rings is 2. The van der Waals surface area contributed by atoms with Crippen LogP contribution in [-0.4, -0.2) is 68.5 Å². The SMILES string of the molecule is COc1cc(OCCN2CCOCC2)ccc1C=Cc1cc(C=Cc2ccc3c(c2)OCO3)n[nH]1. The molecule has 0 atom stereocenters. The van der Waals surface area contributed by atoms with E-state index >= 15 is 0 Å². The lowest BCUT2D eigenvalue weighted by molar-refractivity contribution is 0.0322. The molecule has 3 aromatic rings. The molecule has 0 unspecified atom stereocenters. The summed E-state index contributed by atoms with van der Waals surface area (Å²) in [6.45, 7) is 5.30. The number of rotatable bonds is 9. The number of nitrogens with one attached hydrogen (secondary N) is 1. The van der Waals surface area contributed by atoms with E-state index < -0.39 is 0 Å². The zero-order chi connectivity index (χ0) is 23.9. The van der Waals surface area contributed by atoms with Crippen molar-refractivity contribution in [2.24, 2.45) is 0 Å². The summed E-state index contributed by atoms with van der Waals surface area (Å²) in [5.74, 6) is 3.09. The molecule has 8 nitrogen and oxygen atoms in total. The number of hydrogen-bond acceptors (Lipinski definition) is 7. The van der Waals surface area contributed by atoms with Crippen molar-refractivity contribution in [2.75, 3.05) is 53.4 Å². The highest BCUT2D eigenvalue weighted by Gasteiger charge is 2.12. The molecule has 8 heteroatoms. The number of morpholine rings is 1. The maximum Gasteiger partial charge on any atom is 0.231 e. The molecule has 0 spiro atoms. The predicted octanol–water partition coefficient (Wildman–Crippen LogP) is 4.20. The highest BCUT2D eigenvalue weighted by molar-refractivity contribution is 5.74. The van der Waals surface area contributed by atoms with Crippen LogP contribution < -0.4 is 18.9 Å². The van der Waals surface area contributed by atoms with E-state index in [0.717, 1.165) is 78.4 Å². The number of H-pyrrole nitrogens is 1. The molecule has 1 saturated heterocycles. The van der Waals surface area contributed by atoms with Gasteiger partial charge in [0.15, 0.2) is 11.5 Å². The van der Waals surface area contributed by atoms with Crippen LogP contribution in [0.2, 0.25) is 0 Å². The van der Waals surface area contributed by atoms with Gasteiger partial charge < -0.3 is 23.7 Å². The molecular weight excluding hydrogens is 446 g/mol. The van der Waals surface area contributed by atoms with Gasteiger partial charge in [0.05, 0.1) is 31.7 Å². The second kappa shape index (κ2) is 11.1. The van der Waals surface area contributed by atoms with E-state index in [2.05, 4.69) is 15.1 Å². The summed E-state index contributed by atoms with van der Waals surface area (Å²) in [5.41, 5.74) is 3.70. The van der Waals surface area contributed by atoms with Crippen molar-refractivity contribution in [3.63, 3.8) is 0 Å². The van der Waals surface area contributed by atoms with Crippen LogP contribution in [0.25, 0.3) is 24.3 Å². The van der Waals surface area contributed by atoms with Gasteiger partial charge in [0.2, 0.25) is 6.79 Å². The Morgan fingerprint density at radius 2 is 1.86 bits per heavy atom. The van der Waals surface area contributed by atoms with E-state index in [0.29, 0.717) is 6.61 Å². The van der Waals surface area contributed by atoms with Gasteiger partial charge in [0.1, 0.15) is 18.1 Å². The van der Waals surface area contributed by atoms with Crippen molar-refractivity contribution in [3.05, 3.63) is 65.0 Å². The monoisotopic (exact) mass is 475 g/mol. The molecular formula is C27H29N3O5. The van der Waals surface area contributed by atoms with Gasteiger partial charge in [-0.25, -0.2) is 0 Å². The first kappa shape index (κ1) is 23.0. The summed E-state index contributed by atoms with van der Waals surface area (Å²) < 4.78 is 27.7. The van der Waals surface area contributed by atoms with Gasteiger partial charge in [-0.2, -0.15) is 5.10 Å². The van der Waals surface area contributed by atoms with Gasteiger partial charge in [-0.1, -0.05) is 12.1 Å². The summed E-state index contributed by atoms with van der Waals surface area (Å²) in [5, 5.41) is 7.41. The smallest absolute Gasteiger partial charge is 0.231 e. The zero-order valence-corrected chi connectivity index (χ0v) is 19.7. The maximum absolute atomic E-state index is 5.94. The standard InChI is InChI=1S/C27H29N3O5/c1-31-26-18-24(33-15-12-30-10-13-32-14-11-30)8-5-21(26)4-7-23-17-22(28-29-23)6-2-20-3-9-25-27(16-20)35-19-34-25/h2-9,16-18H,10-15,19H2,1H3,(H,28,29). The average molecular weight is 476 g/mol. The first-order valence-electron chi connectivity index (χ1n) is 11.7. The third-order valence-corrected chi connectivity index (χ3v) is 5.89. The van der Waals surface area contributed by atoms with Crippen molar-refractivity contribution in [1.82, 2.24) is 15.1 Å². The molecule has 2 aromatic carbocycles. The predicted molar refractivity (Wildman–Crippen MR) is 135 cm³/mol. The quantitative estimate of drug-likeness (QED) is 0.497. The third-order valence-electron chi connectivity index (χ3n) is 5.89. The first-order chi connectivity index (χ1) is 17.3. The minimum Gasteiger partial charge on any atom is -0.496 e. The molecule has 35 heavy (non-hydrogen) atoms. The first-order valence-corrected chi connectivity index (χ1v) is 11.7. The Hall–Kier alpha value is -3.75. The number of hydrogen-bond donors (Lipinski definition) is 1. The zero-order valence-electron chi connectivity index (χ0n) is 19.7. The Bertz CT molecular complexity index is 1200. The average Bonchev–Trinajstić information content (AvgIpc) is 3.56. The molecule has 1 aromatic heterocycles. The summed E-state index contributed by atoms with van der Waals surface area (Å²) in [6.07, 6.45) is 7.92. The number of aromatic nitrogens is 2.